The molecule has 3 rings (SSSR count). The van der Waals surface area contributed by atoms with Gasteiger partial charge in [0.15, 0.2) is 17.2 Å². The number of amides is 1. The minimum Gasteiger partial charge on any atom is -0.493 e. The highest BCUT2D eigenvalue weighted by Gasteiger charge is 2.14. The van der Waals surface area contributed by atoms with E-state index < -0.39 is 0 Å². The summed E-state index contributed by atoms with van der Waals surface area (Å²) in [6.07, 6.45) is 0. The fourth-order valence-electron chi connectivity index (χ4n) is 2.87. The van der Waals surface area contributed by atoms with Crippen molar-refractivity contribution in [3.63, 3.8) is 0 Å². The summed E-state index contributed by atoms with van der Waals surface area (Å²) in [5, 5.41) is 7.35. The first-order valence-electron chi connectivity index (χ1n) is 8.64. The van der Waals surface area contributed by atoms with Gasteiger partial charge < -0.3 is 14.8 Å². The lowest BCUT2D eigenvalue weighted by molar-refractivity contribution is 0.0945. The van der Waals surface area contributed by atoms with Gasteiger partial charge in [-0.3, -0.25) is 4.79 Å². The fraction of sp³-hybridized carbons (Fsp3) is 0.238. The standard InChI is InChI=1S/C21H23N3O3/c1-14-6-5-7-17(10-14)24-15(2)11-18(23-24)21(25)22-13-16-8-9-19(26-3)20(12-16)27-4/h5-12H,13H2,1-4H3,(H,22,25). The second kappa shape index (κ2) is 7.95. The van der Waals surface area contributed by atoms with Crippen molar-refractivity contribution < 1.29 is 14.3 Å². The first kappa shape index (κ1) is 18.5. The molecule has 1 aromatic heterocycles. The maximum absolute atomic E-state index is 12.5. The number of aromatic nitrogens is 2. The first-order valence-corrected chi connectivity index (χ1v) is 8.64. The minimum absolute atomic E-state index is 0.223. The van der Waals surface area contributed by atoms with Crippen molar-refractivity contribution in [2.75, 3.05) is 14.2 Å². The Morgan fingerprint density at radius 2 is 1.81 bits per heavy atom. The van der Waals surface area contributed by atoms with Crippen LogP contribution < -0.4 is 14.8 Å². The van der Waals surface area contributed by atoms with Crippen molar-refractivity contribution in [2.24, 2.45) is 0 Å². The second-order valence-electron chi connectivity index (χ2n) is 6.29. The third-order valence-electron chi connectivity index (χ3n) is 4.27. The summed E-state index contributed by atoms with van der Waals surface area (Å²) in [7, 11) is 3.17. The Kier molecular flexibility index (Phi) is 5.45. The Labute approximate surface area is 158 Å². The van der Waals surface area contributed by atoms with E-state index in [2.05, 4.69) is 10.4 Å². The minimum atomic E-state index is -0.223. The summed E-state index contributed by atoms with van der Waals surface area (Å²) < 4.78 is 12.3. The Morgan fingerprint density at radius 1 is 1.04 bits per heavy atom. The molecule has 0 saturated heterocycles. The number of nitrogens with one attached hydrogen (secondary N) is 1. The Morgan fingerprint density at radius 3 is 2.52 bits per heavy atom. The lowest BCUT2D eigenvalue weighted by Crippen LogP contribution is -2.23. The van der Waals surface area contributed by atoms with Crippen molar-refractivity contribution in [3.8, 4) is 17.2 Å². The summed E-state index contributed by atoms with van der Waals surface area (Å²) in [6.45, 7) is 4.33. The van der Waals surface area contributed by atoms with Crippen molar-refractivity contribution >= 4 is 5.91 Å². The van der Waals surface area contributed by atoms with Crippen LogP contribution in [-0.4, -0.2) is 29.9 Å². The van der Waals surface area contributed by atoms with E-state index in [0.717, 1.165) is 22.5 Å². The molecule has 0 radical (unpaired) electrons. The number of benzene rings is 2. The van der Waals surface area contributed by atoms with Crippen molar-refractivity contribution in [3.05, 3.63) is 71.0 Å². The van der Waals surface area contributed by atoms with Crippen LogP contribution in [0.25, 0.3) is 5.69 Å². The van der Waals surface area contributed by atoms with Gasteiger partial charge in [-0.1, -0.05) is 18.2 Å². The number of carbonyl (C=O) groups excluding carboxylic acids is 1. The van der Waals surface area contributed by atoms with Gasteiger partial charge >= 0.3 is 0 Å². The zero-order valence-electron chi connectivity index (χ0n) is 15.9. The number of methoxy groups -OCH3 is 2. The lowest BCUT2D eigenvalue weighted by Gasteiger charge is -2.10. The number of hydrogen-bond donors (Lipinski definition) is 1. The van der Waals surface area contributed by atoms with Gasteiger partial charge in [0.1, 0.15) is 0 Å². The van der Waals surface area contributed by atoms with Crippen molar-refractivity contribution in [2.45, 2.75) is 20.4 Å². The molecular weight excluding hydrogens is 342 g/mol. The Bertz CT molecular complexity index is 963. The topological polar surface area (TPSA) is 65.4 Å². The van der Waals surface area contributed by atoms with Crippen LogP contribution in [0.5, 0.6) is 11.5 Å². The highest BCUT2D eigenvalue weighted by molar-refractivity contribution is 5.92. The largest absolute Gasteiger partial charge is 0.493 e. The average Bonchev–Trinajstić information content (AvgIpc) is 3.07. The molecule has 1 amide bonds. The number of rotatable bonds is 6. The monoisotopic (exact) mass is 365 g/mol. The van der Waals surface area contributed by atoms with Crippen LogP contribution >= 0.6 is 0 Å². The summed E-state index contributed by atoms with van der Waals surface area (Å²) in [4.78, 5) is 12.5. The molecule has 0 aliphatic rings. The fourth-order valence-corrected chi connectivity index (χ4v) is 2.87. The second-order valence-corrected chi connectivity index (χ2v) is 6.29. The van der Waals surface area contributed by atoms with E-state index in [1.807, 2.05) is 56.3 Å². The maximum Gasteiger partial charge on any atom is 0.272 e. The van der Waals surface area contributed by atoms with E-state index >= 15 is 0 Å². The Balaban J connectivity index is 1.73. The van der Waals surface area contributed by atoms with Crippen molar-refractivity contribution in [1.29, 1.82) is 0 Å². The molecule has 0 aliphatic heterocycles. The number of carbonyl (C=O) groups is 1. The van der Waals surface area contributed by atoms with Crippen LogP contribution in [0, 0.1) is 13.8 Å². The van der Waals surface area contributed by atoms with Crippen LogP contribution in [0.2, 0.25) is 0 Å². The van der Waals surface area contributed by atoms with Crippen LogP contribution in [0.1, 0.15) is 27.3 Å². The molecule has 140 valence electrons. The first-order chi connectivity index (χ1) is 13.0. The zero-order chi connectivity index (χ0) is 19.4. The van der Waals surface area contributed by atoms with E-state index in [4.69, 9.17) is 9.47 Å². The molecule has 0 saturated carbocycles. The third kappa shape index (κ3) is 4.11. The van der Waals surface area contributed by atoms with E-state index in [-0.39, 0.29) is 5.91 Å². The summed E-state index contributed by atoms with van der Waals surface area (Å²) >= 11 is 0. The number of ether oxygens (including phenoxy) is 2. The highest BCUT2D eigenvalue weighted by Crippen LogP contribution is 2.27. The van der Waals surface area contributed by atoms with Crippen LogP contribution in [0.4, 0.5) is 0 Å². The smallest absolute Gasteiger partial charge is 0.272 e. The summed E-state index contributed by atoms with van der Waals surface area (Å²) in [5.41, 5.74) is 4.27. The van der Waals surface area contributed by atoms with Gasteiger partial charge in [0, 0.05) is 12.2 Å². The molecule has 6 heteroatoms. The number of aryl methyl sites for hydroxylation is 2. The van der Waals surface area contributed by atoms with E-state index in [0.29, 0.717) is 23.7 Å². The molecule has 6 nitrogen and oxygen atoms in total. The van der Waals surface area contributed by atoms with Gasteiger partial charge in [-0.2, -0.15) is 5.10 Å². The van der Waals surface area contributed by atoms with E-state index in [1.54, 1.807) is 25.0 Å². The van der Waals surface area contributed by atoms with Crippen LogP contribution in [-0.2, 0) is 6.54 Å². The molecule has 3 aromatic rings. The molecule has 0 bridgehead atoms. The Hall–Kier alpha value is -3.28. The van der Waals surface area contributed by atoms with Crippen molar-refractivity contribution in [1.82, 2.24) is 15.1 Å². The van der Waals surface area contributed by atoms with Gasteiger partial charge in [0.05, 0.1) is 19.9 Å². The number of hydrogen-bond acceptors (Lipinski definition) is 4. The van der Waals surface area contributed by atoms with Gasteiger partial charge in [0.25, 0.3) is 5.91 Å². The molecule has 27 heavy (non-hydrogen) atoms. The summed E-state index contributed by atoms with van der Waals surface area (Å²) in [5.74, 6) is 1.06. The molecule has 2 aromatic carbocycles. The summed E-state index contributed by atoms with van der Waals surface area (Å²) in [6, 6.07) is 15.3. The maximum atomic E-state index is 12.5. The molecular formula is C21H23N3O3. The number of nitrogens with zero attached hydrogens (tertiary/aromatic N) is 2. The molecule has 0 spiro atoms. The van der Waals surface area contributed by atoms with E-state index in [1.165, 1.54) is 0 Å². The van der Waals surface area contributed by atoms with E-state index in [9.17, 15) is 4.79 Å². The molecule has 1 heterocycles. The zero-order valence-corrected chi connectivity index (χ0v) is 15.9. The van der Waals surface area contributed by atoms with Gasteiger partial charge in [-0.05, 0) is 55.3 Å². The highest BCUT2D eigenvalue weighted by atomic mass is 16.5. The molecule has 0 fully saturated rings. The van der Waals surface area contributed by atoms with Crippen LogP contribution in [0.15, 0.2) is 48.5 Å². The van der Waals surface area contributed by atoms with Gasteiger partial charge in [-0.25, -0.2) is 4.68 Å². The predicted octanol–water partition coefficient (Wildman–Crippen LogP) is 3.44. The van der Waals surface area contributed by atoms with Gasteiger partial charge in [0.2, 0.25) is 0 Å². The normalized spacial score (nSPS) is 10.5. The average molecular weight is 365 g/mol. The lowest BCUT2D eigenvalue weighted by atomic mass is 10.2. The quantitative estimate of drug-likeness (QED) is 0.727. The van der Waals surface area contributed by atoms with Crippen LogP contribution in [0.3, 0.4) is 0 Å². The third-order valence-corrected chi connectivity index (χ3v) is 4.27. The molecule has 0 atom stereocenters. The predicted molar refractivity (Wildman–Crippen MR) is 104 cm³/mol. The SMILES string of the molecule is COc1ccc(CNC(=O)c2cc(C)n(-c3cccc(C)c3)n2)cc1OC. The molecule has 1 N–H and O–H groups in total. The molecule has 0 aliphatic carbocycles. The van der Waals surface area contributed by atoms with Gasteiger partial charge in [-0.15, -0.1) is 0 Å². The molecule has 0 unspecified atom stereocenters.